The molecule has 150 valence electrons. The normalized spacial score (nSPS) is 10.4. The van der Waals surface area contributed by atoms with Crippen LogP contribution in [0, 0.1) is 0 Å². The Balaban J connectivity index is 1.62. The second-order valence-electron chi connectivity index (χ2n) is 5.97. The van der Waals surface area contributed by atoms with Crippen LogP contribution < -0.4 is 20.7 Å². The van der Waals surface area contributed by atoms with E-state index in [0.29, 0.717) is 35.2 Å². The molecule has 3 aromatic rings. The van der Waals surface area contributed by atoms with Crippen LogP contribution in [0.25, 0.3) is 10.2 Å². The third kappa shape index (κ3) is 5.49. The van der Waals surface area contributed by atoms with E-state index in [-0.39, 0.29) is 16.9 Å². The number of thiazole rings is 1. The van der Waals surface area contributed by atoms with Crippen molar-refractivity contribution < 1.29 is 14.3 Å². The summed E-state index contributed by atoms with van der Waals surface area (Å²) in [5, 5.41) is 9.14. The number of nitrogens with zero attached hydrogens (tertiary/aromatic N) is 1. The van der Waals surface area contributed by atoms with Gasteiger partial charge in [-0.1, -0.05) is 18.3 Å². The lowest BCUT2D eigenvalue weighted by atomic mass is 10.2. The highest BCUT2D eigenvalue weighted by Gasteiger charge is 2.10. The first kappa shape index (κ1) is 20.7. The van der Waals surface area contributed by atoms with Crippen molar-refractivity contribution in [3.8, 4) is 5.75 Å². The minimum atomic E-state index is -0.311. The van der Waals surface area contributed by atoms with Crippen LogP contribution in [0.2, 0.25) is 0 Å². The molecule has 0 unspecified atom stereocenters. The highest BCUT2D eigenvalue weighted by Crippen LogP contribution is 2.28. The number of aromatic nitrogens is 1. The van der Waals surface area contributed by atoms with Gasteiger partial charge in [0.2, 0.25) is 5.91 Å². The Morgan fingerprint density at radius 1 is 1.10 bits per heavy atom. The molecule has 3 rings (SSSR count). The fourth-order valence-corrected chi connectivity index (χ4v) is 3.60. The Labute approximate surface area is 177 Å². The van der Waals surface area contributed by atoms with Crippen LogP contribution in [0.4, 0.5) is 10.8 Å². The SMILES string of the molecule is CCOc1ccc(C(=O)NC(=S)Nc2ccc3nc(NC(=O)CC)sc3c2)cc1. The van der Waals surface area contributed by atoms with Crippen molar-refractivity contribution in [1.29, 1.82) is 0 Å². The molecule has 0 aliphatic rings. The standard InChI is InChI=1S/C20H20N4O3S2/c1-3-17(25)23-20-22-15-10-7-13(11-16(15)29-20)21-19(28)24-18(26)12-5-8-14(9-6-12)27-4-2/h5-11H,3-4H2,1-2H3,(H,22,23,25)(H2,21,24,26,28). The van der Waals surface area contributed by atoms with Crippen LogP contribution in [-0.4, -0.2) is 28.5 Å². The molecule has 7 nitrogen and oxygen atoms in total. The fourth-order valence-electron chi connectivity index (χ4n) is 2.47. The summed E-state index contributed by atoms with van der Waals surface area (Å²) in [6.45, 7) is 4.25. The average molecular weight is 429 g/mol. The highest BCUT2D eigenvalue weighted by atomic mass is 32.1. The van der Waals surface area contributed by atoms with E-state index >= 15 is 0 Å². The lowest BCUT2D eigenvalue weighted by Crippen LogP contribution is -2.34. The molecule has 9 heteroatoms. The van der Waals surface area contributed by atoms with Crippen LogP contribution in [0.15, 0.2) is 42.5 Å². The largest absolute Gasteiger partial charge is 0.494 e. The fraction of sp³-hybridized carbons (Fsp3) is 0.200. The Bertz CT molecular complexity index is 1050. The maximum absolute atomic E-state index is 12.3. The molecule has 1 heterocycles. The van der Waals surface area contributed by atoms with E-state index in [1.165, 1.54) is 11.3 Å². The van der Waals surface area contributed by atoms with Crippen molar-refractivity contribution in [3.63, 3.8) is 0 Å². The van der Waals surface area contributed by atoms with Crippen molar-refractivity contribution in [1.82, 2.24) is 10.3 Å². The van der Waals surface area contributed by atoms with Crippen LogP contribution in [-0.2, 0) is 4.79 Å². The number of hydrogen-bond acceptors (Lipinski definition) is 6. The zero-order chi connectivity index (χ0) is 20.8. The number of thiocarbonyl (C=S) groups is 1. The Kier molecular flexibility index (Phi) is 6.73. The summed E-state index contributed by atoms with van der Waals surface area (Å²) >= 11 is 6.62. The number of benzene rings is 2. The second-order valence-corrected chi connectivity index (χ2v) is 7.41. The molecular formula is C20H20N4O3S2. The van der Waals surface area contributed by atoms with Crippen molar-refractivity contribution in [3.05, 3.63) is 48.0 Å². The summed E-state index contributed by atoms with van der Waals surface area (Å²) in [5.74, 6) is 0.312. The lowest BCUT2D eigenvalue weighted by molar-refractivity contribution is -0.115. The van der Waals surface area contributed by atoms with Gasteiger partial charge in [-0.2, -0.15) is 0 Å². The average Bonchev–Trinajstić information content (AvgIpc) is 3.10. The van der Waals surface area contributed by atoms with Crippen molar-refractivity contribution >= 4 is 61.5 Å². The molecule has 2 amide bonds. The van der Waals surface area contributed by atoms with E-state index in [1.54, 1.807) is 31.2 Å². The first-order valence-electron chi connectivity index (χ1n) is 9.04. The molecule has 0 radical (unpaired) electrons. The Morgan fingerprint density at radius 3 is 2.55 bits per heavy atom. The number of amides is 2. The lowest BCUT2D eigenvalue weighted by Gasteiger charge is -2.10. The third-order valence-corrected chi connectivity index (χ3v) is 5.01. The molecule has 0 atom stereocenters. The van der Waals surface area contributed by atoms with Gasteiger partial charge in [0.25, 0.3) is 5.91 Å². The molecule has 0 aliphatic carbocycles. The number of anilines is 2. The molecule has 29 heavy (non-hydrogen) atoms. The van der Waals surface area contributed by atoms with E-state index in [4.69, 9.17) is 17.0 Å². The summed E-state index contributed by atoms with van der Waals surface area (Å²) in [7, 11) is 0. The van der Waals surface area contributed by atoms with Gasteiger partial charge in [0.05, 0.1) is 16.8 Å². The zero-order valence-corrected chi connectivity index (χ0v) is 17.6. The maximum atomic E-state index is 12.3. The van der Waals surface area contributed by atoms with Crippen LogP contribution in [0.3, 0.4) is 0 Å². The van der Waals surface area contributed by atoms with Crippen molar-refractivity contribution in [2.45, 2.75) is 20.3 Å². The molecule has 0 spiro atoms. The summed E-state index contributed by atoms with van der Waals surface area (Å²) in [5.41, 5.74) is 1.97. The smallest absolute Gasteiger partial charge is 0.257 e. The van der Waals surface area contributed by atoms with E-state index in [1.807, 2.05) is 25.1 Å². The number of carbonyl (C=O) groups excluding carboxylic acids is 2. The number of carbonyl (C=O) groups is 2. The summed E-state index contributed by atoms with van der Waals surface area (Å²) < 4.78 is 6.26. The van der Waals surface area contributed by atoms with Crippen LogP contribution >= 0.6 is 23.6 Å². The highest BCUT2D eigenvalue weighted by molar-refractivity contribution is 7.80. The summed E-state index contributed by atoms with van der Waals surface area (Å²) in [6.07, 6.45) is 0.394. The van der Waals surface area contributed by atoms with E-state index in [0.717, 1.165) is 10.2 Å². The van der Waals surface area contributed by atoms with E-state index < -0.39 is 0 Å². The van der Waals surface area contributed by atoms with Gasteiger partial charge in [-0.15, -0.1) is 0 Å². The van der Waals surface area contributed by atoms with E-state index in [2.05, 4.69) is 20.9 Å². The molecule has 0 saturated carbocycles. The number of nitrogens with one attached hydrogen (secondary N) is 3. The molecule has 2 aromatic carbocycles. The van der Waals surface area contributed by atoms with E-state index in [9.17, 15) is 9.59 Å². The second kappa shape index (κ2) is 9.44. The number of hydrogen-bond donors (Lipinski definition) is 3. The number of fused-ring (bicyclic) bond motifs is 1. The van der Waals surface area contributed by atoms with Gasteiger partial charge < -0.3 is 15.4 Å². The number of ether oxygens (including phenoxy) is 1. The predicted molar refractivity (Wildman–Crippen MR) is 120 cm³/mol. The Hall–Kier alpha value is -3.04. The maximum Gasteiger partial charge on any atom is 0.257 e. The number of rotatable bonds is 6. The summed E-state index contributed by atoms with van der Waals surface area (Å²) in [4.78, 5) is 28.2. The van der Waals surface area contributed by atoms with Gasteiger partial charge in [-0.05, 0) is 61.6 Å². The molecular weight excluding hydrogens is 408 g/mol. The quantitative estimate of drug-likeness (QED) is 0.511. The first-order chi connectivity index (χ1) is 14.0. The summed E-state index contributed by atoms with van der Waals surface area (Å²) in [6, 6.07) is 12.3. The Morgan fingerprint density at radius 2 is 1.86 bits per heavy atom. The molecule has 0 fully saturated rings. The molecule has 0 aliphatic heterocycles. The monoisotopic (exact) mass is 428 g/mol. The van der Waals surface area contributed by atoms with Gasteiger partial charge in [0, 0.05) is 17.7 Å². The molecule has 0 bridgehead atoms. The van der Waals surface area contributed by atoms with Gasteiger partial charge in [-0.3, -0.25) is 14.9 Å². The molecule has 3 N–H and O–H groups in total. The van der Waals surface area contributed by atoms with Crippen LogP contribution in [0.1, 0.15) is 30.6 Å². The predicted octanol–water partition coefficient (Wildman–Crippen LogP) is 4.17. The minimum absolute atomic E-state index is 0.0828. The first-order valence-corrected chi connectivity index (χ1v) is 10.3. The van der Waals surface area contributed by atoms with Crippen LogP contribution in [0.5, 0.6) is 5.75 Å². The van der Waals surface area contributed by atoms with Gasteiger partial charge in [0.1, 0.15) is 5.75 Å². The zero-order valence-electron chi connectivity index (χ0n) is 15.9. The molecule has 1 aromatic heterocycles. The van der Waals surface area contributed by atoms with Crippen molar-refractivity contribution in [2.24, 2.45) is 0 Å². The molecule has 0 saturated heterocycles. The van der Waals surface area contributed by atoms with Gasteiger partial charge in [0.15, 0.2) is 10.2 Å². The van der Waals surface area contributed by atoms with Crippen molar-refractivity contribution in [2.75, 3.05) is 17.2 Å². The topological polar surface area (TPSA) is 92.3 Å². The minimum Gasteiger partial charge on any atom is -0.494 e. The van der Waals surface area contributed by atoms with Gasteiger partial charge >= 0.3 is 0 Å². The third-order valence-electron chi connectivity index (χ3n) is 3.87. The van der Waals surface area contributed by atoms with Gasteiger partial charge in [-0.25, -0.2) is 4.98 Å².